The zero-order valence-electron chi connectivity index (χ0n) is 15.3. The first-order valence-electron chi connectivity index (χ1n) is 9.09. The van der Waals surface area contributed by atoms with Gasteiger partial charge in [0.1, 0.15) is 0 Å². The molecule has 3 N–H and O–H groups in total. The van der Waals surface area contributed by atoms with E-state index < -0.39 is 0 Å². The van der Waals surface area contributed by atoms with Crippen molar-refractivity contribution in [2.24, 2.45) is 0 Å². The molecule has 1 aromatic carbocycles. The summed E-state index contributed by atoms with van der Waals surface area (Å²) in [5, 5.41) is 9.67. The summed E-state index contributed by atoms with van der Waals surface area (Å²) in [6.07, 6.45) is 4.45. The number of hydrogen-bond acceptors (Lipinski definition) is 4. The molecular formula is C19H28ClN3O2S. The minimum atomic E-state index is -0.0290. The van der Waals surface area contributed by atoms with Crippen molar-refractivity contribution in [2.75, 3.05) is 5.75 Å². The van der Waals surface area contributed by atoms with Crippen LogP contribution in [0.25, 0.3) is 0 Å². The molecule has 2 bridgehead atoms. The summed E-state index contributed by atoms with van der Waals surface area (Å²) in [6.45, 7) is 3.88. The highest BCUT2D eigenvalue weighted by Crippen LogP contribution is 2.28. The standard InChI is InChI=1S/C19H27N3O2S.ClH/c1-12(2)20-18(23)11-25-17-6-4-3-5-16(17)19(24)22-15-9-13-7-8-14(10-15)21-13;/h3-6,12-15,21H,7-11H2,1-2H3,(H,20,23)(H,22,24);1H. The highest BCUT2D eigenvalue weighted by atomic mass is 35.5. The van der Waals surface area contributed by atoms with Gasteiger partial charge in [0.25, 0.3) is 5.91 Å². The minimum absolute atomic E-state index is 0. The predicted octanol–water partition coefficient (Wildman–Crippen LogP) is 2.74. The smallest absolute Gasteiger partial charge is 0.252 e. The van der Waals surface area contributed by atoms with Gasteiger partial charge in [-0.2, -0.15) is 0 Å². The molecule has 144 valence electrons. The Hall–Kier alpha value is -1.24. The lowest BCUT2D eigenvalue weighted by Gasteiger charge is -2.29. The first-order valence-corrected chi connectivity index (χ1v) is 10.1. The number of carbonyl (C=O) groups excluding carboxylic acids is 2. The summed E-state index contributed by atoms with van der Waals surface area (Å²) >= 11 is 1.42. The Morgan fingerprint density at radius 1 is 1.19 bits per heavy atom. The van der Waals surface area contributed by atoms with E-state index in [1.807, 2.05) is 38.1 Å². The van der Waals surface area contributed by atoms with Crippen LogP contribution in [0.5, 0.6) is 0 Å². The summed E-state index contributed by atoms with van der Waals surface area (Å²) < 4.78 is 0. The Kier molecular flexibility index (Phi) is 7.80. The number of thioether (sulfide) groups is 1. The number of piperidine rings is 1. The number of nitrogens with one attached hydrogen (secondary N) is 3. The van der Waals surface area contributed by atoms with Gasteiger partial charge in [-0.15, -0.1) is 24.2 Å². The molecule has 2 saturated heterocycles. The van der Waals surface area contributed by atoms with Crippen LogP contribution in [0.15, 0.2) is 29.2 Å². The summed E-state index contributed by atoms with van der Waals surface area (Å²) in [4.78, 5) is 25.5. The van der Waals surface area contributed by atoms with Crippen molar-refractivity contribution in [3.05, 3.63) is 29.8 Å². The first kappa shape index (κ1) is 21.1. The fraction of sp³-hybridized carbons (Fsp3) is 0.579. The predicted molar refractivity (Wildman–Crippen MR) is 108 cm³/mol. The molecule has 26 heavy (non-hydrogen) atoms. The molecule has 2 fully saturated rings. The van der Waals surface area contributed by atoms with Crippen molar-refractivity contribution >= 4 is 36.0 Å². The van der Waals surface area contributed by atoms with Crippen LogP contribution in [0.2, 0.25) is 0 Å². The molecule has 0 spiro atoms. The number of halogens is 1. The van der Waals surface area contributed by atoms with E-state index in [9.17, 15) is 9.59 Å². The fourth-order valence-electron chi connectivity index (χ4n) is 3.73. The topological polar surface area (TPSA) is 70.2 Å². The molecule has 0 radical (unpaired) electrons. The number of amides is 2. The van der Waals surface area contributed by atoms with Crippen LogP contribution in [-0.4, -0.2) is 41.7 Å². The van der Waals surface area contributed by atoms with Gasteiger partial charge >= 0.3 is 0 Å². The molecule has 2 aliphatic heterocycles. The molecule has 2 amide bonds. The van der Waals surface area contributed by atoms with Crippen molar-refractivity contribution in [3.8, 4) is 0 Å². The van der Waals surface area contributed by atoms with Gasteiger partial charge in [-0.05, 0) is 51.7 Å². The molecule has 2 aliphatic rings. The van der Waals surface area contributed by atoms with Crippen molar-refractivity contribution in [3.63, 3.8) is 0 Å². The third-order valence-corrected chi connectivity index (χ3v) is 5.82. The molecule has 1 aromatic rings. The van der Waals surface area contributed by atoms with Gasteiger partial charge in [0.05, 0.1) is 11.3 Å². The summed E-state index contributed by atoms with van der Waals surface area (Å²) in [6, 6.07) is 9.00. The normalized spacial score (nSPS) is 24.0. The lowest BCUT2D eigenvalue weighted by Crippen LogP contribution is -2.48. The number of carbonyl (C=O) groups is 2. The Labute approximate surface area is 165 Å². The average molecular weight is 398 g/mol. The molecule has 0 saturated carbocycles. The average Bonchev–Trinajstić information content (AvgIpc) is 2.91. The molecule has 2 atom stereocenters. The summed E-state index contributed by atoms with van der Waals surface area (Å²) in [5.74, 6) is 0.281. The van der Waals surface area contributed by atoms with E-state index in [4.69, 9.17) is 0 Å². The van der Waals surface area contributed by atoms with E-state index in [1.165, 1.54) is 24.6 Å². The number of rotatable bonds is 6. The van der Waals surface area contributed by atoms with Gasteiger partial charge in [-0.25, -0.2) is 0 Å². The molecule has 0 aromatic heterocycles. The van der Waals surface area contributed by atoms with Crippen molar-refractivity contribution in [1.82, 2.24) is 16.0 Å². The van der Waals surface area contributed by atoms with E-state index in [1.54, 1.807) is 0 Å². The number of fused-ring (bicyclic) bond motifs is 2. The molecular weight excluding hydrogens is 370 g/mol. The maximum Gasteiger partial charge on any atom is 0.252 e. The fourth-order valence-corrected chi connectivity index (χ4v) is 4.59. The van der Waals surface area contributed by atoms with Crippen LogP contribution >= 0.6 is 24.2 Å². The number of hydrogen-bond donors (Lipinski definition) is 3. The van der Waals surface area contributed by atoms with Gasteiger partial charge in [-0.1, -0.05) is 12.1 Å². The Morgan fingerprint density at radius 3 is 2.50 bits per heavy atom. The highest BCUT2D eigenvalue weighted by molar-refractivity contribution is 8.00. The maximum atomic E-state index is 12.7. The minimum Gasteiger partial charge on any atom is -0.353 e. The van der Waals surface area contributed by atoms with Crippen LogP contribution < -0.4 is 16.0 Å². The second kappa shape index (κ2) is 9.62. The Bertz CT molecular complexity index is 629. The lowest BCUT2D eigenvalue weighted by molar-refractivity contribution is -0.119. The van der Waals surface area contributed by atoms with Crippen LogP contribution in [0.1, 0.15) is 49.9 Å². The SMILES string of the molecule is CC(C)NC(=O)CSc1ccccc1C(=O)NC1CC2CCC(C1)N2.Cl. The van der Waals surface area contributed by atoms with Crippen molar-refractivity contribution < 1.29 is 9.59 Å². The zero-order chi connectivity index (χ0) is 17.8. The maximum absolute atomic E-state index is 12.7. The van der Waals surface area contributed by atoms with Crippen LogP contribution in [0.4, 0.5) is 0 Å². The van der Waals surface area contributed by atoms with Gasteiger partial charge in [0, 0.05) is 29.1 Å². The third-order valence-electron chi connectivity index (χ3n) is 4.75. The van der Waals surface area contributed by atoms with Gasteiger partial charge in [-0.3, -0.25) is 9.59 Å². The molecule has 0 aliphatic carbocycles. The molecule has 3 rings (SSSR count). The van der Waals surface area contributed by atoms with Crippen LogP contribution in [0.3, 0.4) is 0 Å². The second-order valence-corrected chi connectivity index (χ2v) is 8.30. The van der Waals surface area contributed by atoms with Gasteiger partial charge < -0.3 is 16.0 Å². The van der Waals surface area contributed by atoms with Crippen molar-refractivity contribution in [1.29, 1.82) is 0 Å². The van der Waals surface area contributed by atoms with E-state index in [0.29, 0.717) is 23.4 Å². The largest absolute Gasteiger partial charge is 0.353 e. The van der Waals surface area contributed by atoms with E-state index in [-0.39, 0.29) is 36.3 Å². The highest BCUT2D eigenvalue weighted by Gasteiger charge is 2.34. The number of benzene rings is 1. The van der Waals surface area contributed by atoms with Crippen molar-refractivity contribution in [2.45, 2.75) is 68.6 Å². The van der Waals surface area contributed by atoms with E-state index >= 15 is 0 Å². The van der Waals surface area contributed by atoms with E-state index in [0.717, 1.165) is 17.7 Å². The molecule has 2 heterocycles. The Morgan fingerprint density at radius 2 is 1.85 bits per heavy atom. The van der Waals surface area contributed by atoms with Gasteiger partial charge in [0.15, 0.2) is 0 Å². The Balaban J connectivity index is 0.00000243. The summed E-state index contributed by atoms with van der Waals surface area (Å²) in [5.41, 5.74) is 0.663. The lowest BCUT2D eigenvalue weighted by atomic mass is 9.99. The molecule has 5 nitrogen and oxygen atoms in total. The van der Waals surface area contributed by atoms with Crippen LogP contribution in [0, 0.1) is 0 Å². The zero-order valence-corrected chi connectivity index (χ0v) is 16.9. The van der Waals surface area contributed by atoms with Gasteiger partial charge in [0.2, 0.25) is 5.91 Å². The molecule has 7 heteroatoms. The van der Waals surface area contributed by atoms with Crippen LogP contribution in [-0.2, 0) is 4.79 Å². The van der Waals surface area contributed by atoms with E-state index in [2.05, 4.69) is 16.0 Å². The third kappa shape index (κ3) is 5.63. The first-order chi connectivity index (χ1) is 12.0. The molecule has 2 unspecified atom stereocenters. The second-order valence-electron chi connectivity index (χ2n) is 7.29. The summed E-state index contributed by atoms with van der Waals surface area (Å²) in [7, 11) is 0. The quantitative estimate of drug-likeness (QED) is 0.645. The monoisotopic (exact) mass is 397 g/mol.